The fourth-order valence-electron chi connectivity index (χ4n) is 3.67. The van der Waals surface area contributed by atoms with Gasteiger partial charge in [0.05, 0.1) is 17.1 Å². The van der Waals surface area contributed by atoms with Crippen molar-refractivity contribution in [3.63, 3.8) is 0 Å². The van der Waals surface area contributed by atoms with Crippen molar-refractivity contribution in [2.75, 3.05) is 13.1 Å². The monoisotopic (exact) mass is 333 g/mol. The highest BCUT2D eigenvalue weighted by atomic mass is 16.4. The van der Waals surface area contributed by atoms with Gasteiger partial charge in [-0.1, -0.05) is 30.3 Å². The van der Waals surface area contributed by atoms with Gasteiger partial charge in [0, 0.05) is 25.7 Å². The van der Waals surface area contributed by atoms with E-state index in [1.807, 2.05) is 48.5 Å². The number of nitriles is 1. The fourth-order valence-corrected chi connectivity index (χ4v) is 3.67. The zero-order valence-electron chi connectivity index (χ0n) is 13.9. The molecule has 25 heavy (non-hydrogen) atoms. The molecule has 4 rings (SSSR count). The zero-order valence-corrected chi connectivity index (χ0v) is 13.9. The SMILES string of the molecule is N#Cc1ccccc1CN1CCC(n2c(=O)oc3ccccc32)CC1. The summed E-state index contributed by atoms with van der Waals surface area (Å²) < 4.78 is 7.16. The second-order valence-electron chi connectivity index (χ2n) is 6.48. The highest BCUT2D eigenvalue weighted by Gasteiger charge is 2.24. The van der Waals surface area contributed by atoms with Crippen LogP contribution < -0.4 is 5.76 Å². The largest absolute Gasteiger partial charge is 0.420 e. The Morgan fingerprint density at radius 2 is 1.80 bits per heavy atom. The molecule has 5 nitrogen and oxygen atoms in total. The Bertz CT molecular complexity index is 988. The average Bonchev–Trinajstić information content (AvgIpc) is 2.99. The predicted molar refractivity (Wildman–Crippen MR) is 95.2 cm³/mol. The lowest BCUT2D eigenvalue weighted by atomic mass is 10.0. The first kappa shape index (κ1) is 15.7. The maximum absolute atomic E-state index is 12.2. The molecule has 2 heterocycles. The molecule has 1 aliphatic rings. The predicted octanol–water partition coefficient (Wildman–Crippen LogP) is 3.30. The van der Waals surface area contributed by atoms with E-state index in [1.165, 1.54) is 0 Å². The van der Waals surface area contributed by atoms with Gasteiger partial charge in [0.1, 0.15) is 0 Å². The molecule has 0 saturated carbocycles. The molecule has 0 amide bonds. The Labute approximate surface area is 145 Å². The van der Waals surface area contributed by atoms with E-state index in [0.29, 0.717) is 5.58 Å². The third-order valence-electron chi connectivity index (χ3n) is 4.97. The summed E-state index contributed by atoms with van der Waals surface area (Å²) in [7, 11) is 0. The van der Waals surface area contributed by atoms with Gasteiger partial charge in [-0.3, -0.25) is 9.47 Å². The molecule has 2 aromatic carbocycles. The van der Waals surface area contributed by atoms with Crippen molar-refractivity contribution in [1.82, 2.24) is 9.47 Å². The van der Waals surface area contributed by atoms with Crippen LogP contribution in [0.2, 0.25) is 0 Å². The summed E-state index contributed by atoms with van der Waals surface area (Å²) in [5.74, 6) is -0.269. The minimum absolute atomic E-state index is 0.165. The number of para-hydroxylation sites is 2. The third kappa shape index (κ3) is 2.97. The first-order chi connectivity index (χ1) is 12.3. The maximum atomic E-state index is 12.2. The molecule has 3 aromatic rings. The summed E-state index contributed by atoms with van der Waals surface area (Å²) in [6, 6.07) is 17.8. The second kappa shape index (κ2) is 6.58. The van der Waals surface area contributed by atoms with Gasteiger partial charge in [-0.25, -0.2) is 4.79 Å². The van der Waals surface area contributed by atoms with Crippen LogP contribution in [0.4, 0.5) is 0 Å². The standard InChI is InChI=1S/C20H19N3O2/c21-13-15-5-1-2-6-16(15)14-22-11-9-17(10-12-22)23-18-7-3-4-8-19(18)25-20(23)24/h1-8,17H,9-12,14H2. The zero-order chi connectivity index (χ0) is 17.2. The first-order valence-corrected chi connectivity index (χ1v) is 8.56. The Morgan fingerprint density at radius 1 is 1.08 bits per heavy atom. The topological polar surface area (TPSA) is 62.2 Å². The quantitative estimate of drug-likeness (QED) is 0.738. The lowest BCUT2D eigenvalue weighted by Crippen LogP contribution is -2.36. The average molecular weight is 333 g/mol. The molecular weight excluding hydrogens is 314 g/mol. The Balaban J connectivity index is 1.49. The Morgan fingerprint density at radius 3 is 2.60 bits per heavy atom. The molecule has 1 fully saturated rings. The lowest BCUT2D eigenvalue weighted by Gasteiger charge is -2.32. The second-order valence-corrected chi connectivity index (χ2v) is 6.48. The van der Waals surface area contributed by atoms with Crippen LogP contribution in [0.5, 0.6) is 0 Å². The fraction of sp³-hybridized carbons (Fsp3) is 0.300. The molecule has 0 spiro atoms. The van der Waals surface area contributed by atoms with Crippen molar-refractivity contribution >= 4 is 11.1 Å². The Kier molecular flexibility index (Phi) is 4.12. The first-order valence-electron chi connectivity index (χ1n) is 8.56. The smallest absolute Gasteiger partial charge is 0.408 e. The number of fused-ring (bicyclic) bond motifs is 1. The van der Waals surface area contributed by atoms with E-state index in [2.05, 4.69) is 11.0 Å². The van der Waals surface area contributed by atoms with E-state index in [0.717, 1.165) is 49.1 Å². The third-order valence-corrected chi connectivity index (χ3v) is 4.97. The molecule has 0 aliphatic carbocycles. The summed E-state index contributed by atoms with van der Waals surface area (Å²) in [5.41, 5.74) is 3.33. The summed E-state index contributed by atoms with van der Waals surface area (Å²) in [4.78, 5) is 14.6. The Hall–Kier alpha value is -2.84. The number of hydrogen-bond acceptors (Lipinski definition) is 4. The van der Waals surface area contributed by atoms with Gasteiger partial charge < -0.3 is 4.42 Å². The summed E-state index contributed by atoms with van der Waals surface area (Å²) in [5, 5.41) is 9.23. The van der Waals surface area contributed by atoms with E-state index < -0.39 is 0 Å². The van der Waals surface area contributed by atoms with Crippen LogP contribution in [0.1, 0.15) is 30.0 Å². The molecule has 126 valence electrons. The van der Waals surface area contributed by atoms with Gasteiger partial charge in [-0.15, -0.1) is 0 Å². The van der Waals surface area contributed by atoms with Gasteiger partial charge >= 0.3 is 5.76 Å². The highest BCUT2D eigenvalue weighted by molar-refractivity contribution is 5.72. The van der Waals surface area contributed by atoms with E-state index >= 15 is 0 Å². The molecule has 0 N–H and O–H groups in total. The number of nitrogens with zero attached hydrogens (tertiary/aromatic N) is 3. The van der Waals surface area contributed by atoms with Crippen LogP contribution in [0, 0.1) is 11.3 Å². The highest BCUT2D eigenvalue weighted by Crippen LogP contribution is 2.26. The van der Waals surface area contributed by atoms with Crippen molar-refractivity contribution in [3.05, 3.63) is 70.2 Å². The van der Waals surface area contributed by atoms with Crippen LogP contribution >= 0.6 is 0 Å². The number of rotatable bonds is 3. The molecular formula is C20H19N3O2. The van der Waals surface area contributed by atoms with Crippen LogP contribution in [0.3, 0.4) is 0 Å². The van der Waals surface area contributed by atoms with Gasteiger partial charge in [0.25, 0.3) is 0 Å². The van der Waals surface area contributed by atoms with E-state index in [9.17, 15) is 10.1 Å². The van der Waals surface area contributed by atoms with E-state index in [4.69, 9.17) is 4.42 Å². The van der Waals surface area contributed by atoms with Crippen LogP contribution in [-0.4, -0.2) is 22.6 Å². The molecule has 0 unspecified atom stereocenters. The summed E-state index contributed by atoms with van der Waals surface area (Å²) >= 11 is 0. The van der Waals surface area contributed by atoms with Crippen molar-refractivity contribution in [3.8, 4) is 6.07 Å². The molecule has 0 atom stereocenters. The lowest BCUT2D eigenvalue weighted by molar-refractivity contribution is 0.177. The molecule has 0 bridgehead atoms. The number of hydrogen-bond donors (Lipinski definition) is 0. The van der Waals surface area contributed by atoms with Crippen molar-refractivity contribution in [2.24, 2.45) is 0 Å². The molecule has 1 aliphatic heterocycles. The van der Waals surface area contributed by atoms with Crippen molar-refractivity contribution < 1.29 is 4.42 Å². The molecule has 0 radical (unpaired) electrons. The number of likely N-dealkylation sites (tertiary alicyclic amines) is 1. The minimum atomic E-state index is -0.269. The number of oxazole rings is 1. The van der Waals surface area contributed by atoms with Gasteiger partial charge in [0.2, 0.25) is 0 Å². The van der Waals surface area contributed by atoms with E-state index in [-0.39, 0.29) is 11.8 Å². The molecule has 5 heteroatoms. The number of benzene rings is 2. The van der Waals surface area contributed by atoms with Crippen molar-refractivity contribution in [1.29, 1.82) is 5.26 Å². The van der Waals surface area contributed by atoms with Crippen molar-refractivity contribution in [2.45, 2.75) is 25.4 Å². The number of aromatic nitrogens is 1. The van der Waals surface area contributed by atoms with Gasteiger partial charge in [-0.05, 0) is 36.6 Å². The van der Waals surface area contributed by atoms with Crippen LogP contribution in [-0.2, 0) is 6.54 Å². The maximum Gasteiger partial charge on any atom is 0.420 e. The minimum Gasteiger partial charge on any atom is -0.408 e. The van der Waals surface area contributed by atoms with Crippen LogP contribution in [0.25, 0.3) is 11.1 Å². The van der Waals surface area contributed by atoms with Gasteiger partial charge in [0.15, 0.2) is 5.58 Å². The summed E-state index contributed by atoms with van der Waals surface area (Å²) in [6.07, 6.45) is 1.80. The van der Waals surface area contributed by atoms with Gasteiger partial charge in [-0.2, -0.15) is 5.26 Å². The van der Waals surface area contributed by atoms with Crippen LogP contribution in [0.15, 0.2) is 57.7 Å². The van der Waals surface area contributed by atoms with E-state index in [1.54, 1.807) is 4.57 Å². The summed E-state index contributed by atoms with van der Waals surface area (Å²) in [6.45, 7) is 2.57. The molecule has 1 aromatic heterocycles. The number of piperidine rings is 1. The normalized spacial score (nSPS) is 16.1. The molecule has 1 saturated heterocycles.